The zero-order valence-corrected chi connectivity index (χ0v) is 10.2. The van der Waals surface area contributed by atoms with Gasteiger partial charge in [-0.15, -0.1) is 0 Å². The van der Waals surface area contributed by atoms with Gasteiger partial charge < -0.3 is 14.8 Å². The molecule has 0 heterocycles. The first-order valence-electron chi connectivity index (χ1n) is 5.96. The zero-order chi connectivity index (χ0) is 12.5. The molecule has 96 valence electrons. The van der Waals surface area contributed by atoms with Gasteiger partial charge in [0.15, 0.2) is 0 Å². The molecule has 1 N–H and O–H groups in total. The van der Waals surface area contributed by atoms with Crippen molar-refractivity contribution in [1.82, 2.24) is 5.32 Å². The van der Waals surface area contributed by atoms with Gasteiger partial charge in [-0.3, -0.25) is 4.79 Å². The Morgan fingerprint density at radius 1 is 1.29 bits per heavy atom. The Kier molecular flexibility index (Phi) is 6.14. The van der Waals surface area contributed by atoms with Gasteiger partial charge >= 0.3 is 12.1 Å². The van der Waals surface area contributed by atoms with E-state index in [0.717, 1.165) is 12.8 Å². The third kappa shape index (κ3) is 5.94. The van der Waals surface area contributed by atoms with Gasteiger partial charge in [-0.25, -0.2) is 4.79 Å². The molecule has 0 atom stereocenters. The number of allylic oxidation sites excluding steroid dienone is 1. The molecule has 5 heteroatoms. The van der Waals surface area contributed by atoms with Crippen LogP contribution in [-0.4, -0.2) is 31.8 Å². The van der Waals surface area contributed by atoms with Gasteiger partial charge in [-0.05, 0) is 38.7 Å². The lowest BCUT2D eigenvalue weighted by atomic mass is 10.2. The number of amides is 1. The summed E-state index contributed by atoms with van der Waals surface area (Å²) in [5.74, 6) is -0.451. The van der Waals surface area contributed by atoms with Gasteiger partial charge in [-0.2, -0.15) is 0 Å². The lowest BCUT2D eigenvalue weighted by Gasteiger charge is -2.05. The van der Waals surface area contributed by atoms with Crippen LogP contribution in [0.25, 0.3) is 0 Å². The number of ether oxygens (including phenoxy) is 2. The van der Waals surface area contributed by atoms with E-state index in [1.165, 1.54) is 18.4 Å². The van der Waals surface area contributed by atoms with Crippen LogP contribution in [0.4, 0.5) is 4.79 Å². The highest BCUT2D eigenvalue weighted by molar-refractivity contribution is 5.77. The van der Waals surface area contributed by atoms with E-state index < -0.39 is 12.1 Å². The van der Waals surface area contributed by atoms with E-state index in [2.05, 4.69) is 10.1 Å². The van der Waals surface area contributed by atoms with Gasteiger partial charge in [-0.1, -0.05) is 5.57 Å². The van der Waals surface area contributed by atoms with E-state index in [1.807, 2.05) is 6.08 Å². The molecule has 5 nitrogen and oxygen atoms in total. The first-order chi connectivity index (χ1) is 8.22. The van der Waals surface area contributed by atoms with Crippen LogP contribution < -0.4 is 5.32 Å². The normalized spacial score (nSPS) is 14.3. The lowest BCUT2D eigenvalue weighted by Crippen LogP contribution is -2.31. The fourth-order valence-electron chi connectivity index (χ4n) is 1.66. The van der Waals surface area contributed by atoms with Crippen molar-refractivity contribution in [3.8, 4) is 0 Å². The number of esters is 1. The highest BCUT2D eigenvalue weighted by atomic mass is 16.6. The molecule has 0 radical (unpaired) electrons. The smallest absolute Gasteiger partial charge is 0.407 e. The van der Waals surface area contributed by atoms with Crippen molar-refractivity contribution < 1.29 is 19.1 Å². The third-order valence-corrected chi connectivity index (χ3v) is 2.51. The van der Waals surface area contributed by atoms with Crippen molar-refractivity contribution in [2.45, 2.75) is 32.6 Å². The Hall–Kier alpha value is -1.52. The van der Waals surface area contributed by atoms with E-state index >= 15 is 0 Å². The van der Waals surface area contributed by atoms with Crippen LogP contribution in [0.3, 0.4) is 0 Å². The Morgan fingerprint density at radius 2 is 2.00 bits per heavy atom. The van der Waals surface area contributed by atoms with Crippen molar-refractivity contribution in [3.05, 3.63) is 11.6 Å². The Balaban J connectivity index is 2.08. The summed E-state index contributed by atoms with van der Waals surface area (Å²) in [6, 6.07) is 0. The minimum atomic E-state index is -0.599. The number of hydrogen-bond donors (Lipinski definition) is 1. The van der Waals surface area contributed by atoms with Crippen molar-refractivity contribution in [2.75, 3.05) is 19.8 Å². The van der Waals surface area contributed by atoms with Crippen molar-refractivity contribution in [1.29, 1.82) is 0 Å². The second kappa shape index (κ2) is 7.70. The summed E-state index contributed by atoms with van der Waals surface area (Å²) in [5.41, 5.74) is 1.36. The molecule has 1 aliphatic rings. The standard InChI is InChI=1S/C12H19NO4/c1-2-16-12(15)13-9-11(14)17-8-7-10-5-3-4-6-10/h7H,2-6,8-9H2,1H3,(H,13,15). The van der Waals surface area contributed by atoms with Gasteiger partial charge in [0.2, 0.25) is 0 Å². The zero-order valence-electron chi connectivity index (χ0n) is 10.2. The maximum atomic E-state index is 11.2. The Morgan fingerprint density at radius 3 is 2.65 bits per heavy atom. The SMILES string of the molecule is CCOC(=O)NCC(=O)OCC=C1CCCC1. The van der Waals surface area contributed by atoms with Crippen LogP contribution in [0.2, 0.25) is 0 Å². The molecule has 1 saturated carbocycles. The maximum absolute atomic E-state index is 11.2. The summed E-state index contributed by atoms with van der Waals surface area (Å²) in [6.07, 6.45) is 6.03. The van der Waals surface area contributed by atoms with E-state index in [4.69, 9.17) is 4.74 Å². The number of hydrogen-bond acceptors (Lipinski definition) is 4. The van der Waals surface area contributed by atoms with Crippen LogP contribution in [0.5, 0.6) is 0 Å². The summed E-state index contributed by atoms with van der Waals surface area (Å²) in [7, 11) is 0. The largest absolute Gasteiger partial charge is 0.460 e. The molecule has 1 amide bonds. The number of rotatable bonds is 5. The van der Waals surface area contributed by atoms with Gasteiger partial charge in [0.05, 0.1) is 6.61 Å². The molecule has 17 heavy (non-hydrogen) atoms. The number of alkyl carbamates (subject to hydrolysis) is 1. The second-order valence-electron chi connectivity index (χ2n) is 3.83. The minimum Gasteiger partial charge on any atom is -0.460 e. The monoisotopic (exact) mass is 241 g/mol. The molecule has 0 aromatic carbocycles. The molecule has 0 unspecified atom stereocenters. The second-order valence-corrected chi connectivity index (χ2v) is 3.83. The summed E-state index contributed by atoms with van der Waals surface area (Å²) >= 11 is 0. The maximum Gasteiger partial charge on any atom is 0.407 e. The summed E-state index contributed by atoms with van der Waals surface area (Å²) < 4.78 is 9.56. The third-order valence-electron chi connectivity index (χ3n) is 2.51. The fourth-order valence-corrected chi connectivity index (χ4v) is 1.66. The topological polar surface area (TPSA) is 64.6 Å². The van der Waals surface area contributed by atoms with E-state index in [0.29, 0.717) is 6.61 Å². The molecular weight excluding hydrogens is 222 g/mol. The molecule has 1 aliphatic carbocycles. The average molecular weight is 241 g/mol. The number of carbonyl (C=O) groups is 2. The summed E-state index contributed by atoms with van der Waals surface area (Å²) in [4.78, 5) is 22.1. The van der Waals surface area contributed by atoms with Crippen LogP contribution in [0.1, 0.15) is 32.6 Å². The Bertz CT molecular complexity index is 291. The molecule has 0 saturated heterocycles. The fraction of sp³-hybridized carbons (Fsp3) is 0.667. The van der Waals surface area contributed by atoms with Gasteiger partial charge in [0.25, 0.3) is 0 Å². The van der Waals surface area contributed by atoms with Crippen molar-refractivity contribution in [3.63, 3.8) is 0 Å². The average Bonchev–Trinajstić information content (AvgIpc) is 2.80. The summed E-state index contributed by atoms with van der Waals surface area (Å²) in [5, 5.41) is 2.31. The van der Waals surface area contributed by atoms with Gasteiger partial charge in [0.1, 0.15) is 13.2 Å². The predicted molar refractivity (Wildman–Crippen MR) is 62.5 cm³/mol. The molecule has 0 spiro atoms. The molecule has 0 aromatic heterocycles. The molecular formula is C12H19NO4. The highest BCUT2D eigenvalue weighted by Gasteiger charge is 2.08. The number of carbonyl (C=O) groups excluding carboxylic acids is 2. The van der Waals surface area contributed by atoms with E-state index in [9.17, 15) is 9.59 Å². The van der Waals surface area contributed by atoms with Crippen LogP contribution in [0.15, 0.2) is 11.6 Å². The molecule has 1 fully saturated rings. The van der Waals surface area contributed by atoms with Crippen molar-refractivity contribution >= 4 is 12.1 Å². The van der Waals surface area contributed by atoms with Crippen LogP contribution >= 0.6 is 0 Å². The quantitative estimate of drug-likeness (QED) is 0.588. The summed E-state index contributed by atoms with van der Waals surface area (Å²) in [6.45, 7) is 2.12. The van der Waals surface area contributed by atoms with Crippen LogP contribution in [-0.2, 0) is 14.3 Å². The van der Waals surface area contributed by atoms with Crippen molar-refractivity contribution in [2.24, 2.45) is 0 Å². The minimum absolute atomic E-state index is 0.151. The van der Waals surface area contributed by atoms with E-state index in [1.54, 1.807) is 6.92 Å². The molecule has 1 rings (SSSR count). The van der Waals surface area contributed by atoms with Gasteiger partial charge in [0, 0.05) is 0 Å². The molecule has 0 bridgehead atoms. The molecule has 0 aliphatic heterocycles. The van der Waals surface area contributed by atoms with Crippen LogP contribution in [0, 0.1) is 0 Å². The predicted octanol–water partition coefficient (Wildman–Crippen LogP) is 1.78. The Labute approximate surface area is 101 Å². The molecule has 0 aromatic rings. The lowest BCUT2D eigenvalue weighted by molar-refractivity contribution is -0.141. The first-order valence-corrected chi connectivity index (χ1v) is 5.96. The van der Waals surface area contributed by atoms with E-state index in [-0.39, 0.29) is 13.2 Å². The first kappa shape index (κ1) is 13.5. The highest BCUT2D eigenvalue weighted by Crippen LogP contribution is 2.23. The number of nitrogens with one attached hydrogen (secondary N) is 1.